The van der Waals surface area contributed by atoms with E-state index in [4.69, 9.17) is 0 Å². The molecule has 4 heteroatoms. The molecule has 3 heterocycles. The predicted molar refractivity (Wildman–Crippen MR) is 85.2 cm³/mol. The molecule has 21 heavy (non-hydrogen) atoms. The van der Waals surface area contributed by atoms with Gasteiger partial charge in [-0.05, 0) is 18.6 Å². The fourth-order valence-electron chi connectivity index (χ4n) is 3.56. The second-order valence-corrected chi connectivity index (χ2v) is 7.12. The maximum atomic E-state index is 10.8. The Labute approximate surface area is 127 Å². The Bertz CT molecular complexity index is 735. The second kappa shape index (κ2) is 4.34. The third kappa shape index (κ3) is 1.57. The molecular weight excluding hydrogens is 282 g/mol. The van der Waals surface area contributed by atoms with Crippen molar-refractivity contribution in [1.29, 1.82) is 0 Å². The molecule has 0 fully saturated rings. The van der Waals surface area contributed by atoms with E-state index in [2.05, 4.69) is 19.1 Å². The normalized spacial score (nSPS) is 25.5. The molecule has 2 atom stereocenters. The SMILES string of the molecule is CCC[C@@]12C=C[C@@H](S1)c1c2c(O)n(-c2ccccc2)c1O. The first-order valence-electron chi connectivity index (χ1n) is 7.27. The zero-order valence-electron chi connectivity index (χ0n) is 11.8. The molecule has 3 nitrogen and oxygen atoms in total. The standard InChI is InChI=1S/C17H17NO2S/c1-2-9-17-10-8-12(21-17)13-14(17)16(20)18(15(13)19)11-6-4-3-5-7-11/h3-8,10,12,19-20H,2,9H2,1H3/t12-,17+/m1/s1. The number of hydrogen-bond acceptors (Lipinski definition) is 3. The largest absolute Gasteiger partial charge is 0.494 e. The highest BCUT2D eigenvalue weighted by Crippen LogP contribution is 2.67. The van der Waals surface area contributed by atoms with Crippen molar-refractivity contribution in [1.82, 2.24) is 4.57 Å². The Morgan fingerprint density at radius 3 is 2.67 bits per heavy atom. The summed E-state index contributed by atoms with van der Waals surface area (Å²) in [6.45, 7) is 2.15. The molecule has 0 saturated carbocycles. The van der Waals surface area contributed by atoms with Crippen LogP contribution in [0.25, 0.3) is 5.69 Å². The van der Waals surface area contributed by atoms with E-state index in [0.29, 0.717) is 0 Å². The minimum absolute atomic E-state index is 0.155. The lowest BCUT2D eigenvalue weighted by molar-refractivity contribution is 0.397. The molecule has 0 amide bonds. The number of para-hydroxylation sites is 1. The smallest absolute Gasteiger partial charge is 0.204 e. The lowest BCUT2D eigenvalue weighted by atomic mass is 9.87. The van der Waals surface area contributed by atoms with Gasteiger partial charge in [0.05, 0.1) is 15.7 Å². The summed E-state index contributed by atoms with van der Waals surface area (Å²) in [4.78, 5) is 0. The number of fused-ring (bicyclic) bond motifs is 5. The minimum Gasteiger partial charge on any atom is -0.494 e. The van der Waals surface area contributed by atoms with Crippen LogP contribution in [-0.2, 0) is 4.75 Å². The second-order valence-electron chi connectivity index (χ2n) is 5.64. The van der Waals surface area contributed by atoms with Crippen molar-refractivity contribution in [2.24, 2.45) is 0 Å². The van der Waals surface area contributed by atoms with Gasteiger partial charge in [-0.3, -0.25) is 4.57 Å². The topological polar surface area (TPSA) is 45.4 Å². The molecule has 108 valence electrons. The van der Waals surface area contributed by atoms with Crippen LogP contribution in [0.1, 0.15) is 36.1 Å². The van der Waals surface area contributed by atoms with Crippen LogP contribution in [0.2, 0.25) is 0 Å². The zero-order chi connectivity index (χ0) is 14.6. The van der Waals surface area contributed by atoms with E-state index in [-0.39, 0.29) is 21.8 Å². The molecule has 0 saturated heterocycles. The lowest BCUT2D eigenvalue weighted by Crippen LogP contribution is -2.14. The molecule has 2 aromatic rings. The molecule has 0 spiro atoms. The highest BCUT2D eigenvalue weighted by Gasteiger charge is 2.51. The molecule has 2 N–H and O–H groups in total. The zero-order valence-corrected chi connectivity index (χ0v) is 12.6. The number of thioether (sulfide) groups is 1. The Kier molecular flexibility index (Phi) is 2.67. The van der Waals surface area contributed by atoms with Crippen LogP contribution >= 0.6 is 11.8 Å². The molecule has 2 aliphatic rings. The maximum Gasteiger partial charge on any atom is 0.204 e. The number of aromatic nitrogens is 1. The van der Waals surface area contributed by atoms with Gasteiger partial charge >= 0.3 is 0 Å². The Morgan fingerprint density at radius 2 is 1.95 bits per heavy atom. The van der Waals surface area contributed by atoms with Crippen molar-refractivity contribution in [3.8, 4) is 17.4 Å². The maximum absolute atomic E-state index is 10.8. The first-order chi connectivity index (χ1) is 10.2. The molecule has 4 rings (SSSR count). The van der Waals surface area contributed by atoms with Gasteiger partial charge < -0.3 is 10.2 Å². The van der Waals surface area contributed by atoms with Gasteiger partial charge in [0.1, 0.15) is 0 Å². The fraction of sp³-hybridized carbons (Fsp3) is 0.294. The highest BCUT2D eigenvalue weighted by molar-refractivity contribution is 8.01. The summed E-state index contributed by atoms with van der Waals surface area (Å²) >= 11 is 1.83. The van der Waals surface area contributed by atoms with E-state index in [1.165, 1.54) is 0 Å². The van der Waals surface area contributed by atoms with Crippen molar-refractivity contribution in [3.63, 3.8) is 0 Å². The fourth-order valence-corrected chi connectivity index (χ4v) is 5.31. The summed E-state index contributed by atoms with van der Waals surface area (Å²) in [5, 5.41) is 21.6. The van der Waals surface area contributed by atoms with Crippen LogP contribution < -0.4 is 0 Å². The summed E-state index contributed by atoms with van der Waals surface area (Å²) in [5.74, 6) is 0.357. The van der Waals surface area contributed by atoms with Crippen LogP contribution in [0.4, 0.5) is 0 Å². The molecule has 0 aliphatic carbocycles. The first-order valence-corrected chi connectivity index (χ1v) is 8.15. The van der Waals surface area contributed by atoms with Crippen LogP contribution in [-0.4, -0.2) is 14.8 Å². The molecule has 2 bridgehead atoms. The van der Waals surface area contributed by atoms with Crippen molar-refractivity contribution >= 4 is 11.8 Å². The van der Waals surface area contributed by atoms with Gasteiger partial charge in [-0.25, -0.2) is 0 Å². The molecule has 0 unspecified atom stereocenters. The first kappa shape index (κ1) is 12.9. The van der Waals surface area contributed by atoms with Gasteiger partial charge in [-0.2, -0.15) is 0 Å². The molecule has 0 radical (unpaired) electrons. The van der Waals surface area contributed by atoms with E-state index < -0.39 is 0 Å². The third-order valence-corrected chi connectivity index (χ3v) is 5.99. The number of nitrogens with zero attached hydrogens (tertiary/aromatic N) is 1. The van der Waals surface area contributed by atoms with E-state index in [9.17, 15) is 10.2 Å². The predicted octanol–water partition coefficient (Wildman–Crippen LogP) is 4.24. The van der Waals surface area contributed by atoms with Gasteiger partial charge in [0.15, 0.2) is 0 Å². The van der Waals surface area contributed by atoms with E-state index >= 15 is 0 Å². The van der Waals surface area contributed by atoms with Crippen LogP contribution in [0, 0.1) is 0 Å². The molecule has 1 aromatic carbocycles. The van der Waals surface area contributed by atoms with Crippen LogP contribution in [0.5, 0.6) is 11.8 Å². The van der Waals surface area contributed by atoms with E-state index in [0.717, 1.165) is 29.7 Å². The molecule has 1 aromatic heterocycles. The minimum atomic E-state index is -0.170. The van der Waals surface area contributed by atoms with Crippen LogP contribution in [0.15, 0.2) is 42.5 Å². The number of aromatic hydroxyl groups is 2. The summed E-state index contributed by atoms with van der Waals surface area (Å²) < 4.78 is 1.39. The summed E-state index contributed by atoms with van der Waals surface area (Å²) in [6, 6.07) is 9.52. The quantitative estimate of drug-likeness (QED) is 0.833. The molecular formula is C17H17NO2S. The van der Waals surface area contributed by atoms with Crippen LogP contribution in [0.3, 0.4) is 0 Å². The van der Waals surface area contributed by atoms with Gasteiger partial charge in [-0.1, -0.05) is 43.7 Å². The van der Waals surface area contributed by atoms with Crippen molar-refractivity contribution in [2.45, 2.75) is 29.8 Å². The average molecular weight is 299 g/mol. The van der Waals surface area contributed by atoms with Gasteiger partial charge in [0, 0.05) is 11.1 Å². The lowest BCUT2D eigenvalue weighted by Gasteiger charge is -2.23. The number of benzene rings is 1. The number of hydrogen-bond donors (Lipinski definition) is 2. The Morgan fingerprint density at radius 1 is 1.19 bits per heavy atom. The van der Waals surface area contributed by atoms with Crippen molar-refractivity contribution < 1.29 is 10.2 Å². The Hall–Kier alpha value is -1.81. The summed E-state index contributed by atoms with van der Waals surface area (Å²) in [5.41, 5.74) is 2.58. The summed E-state index contributed by atoms with van der Waals surface area (Å²) in [6.07, 6.45) is 6.36. The van der Waals surface area contributed by atoms with E-state index in [1.54, 1.807) is 4.57 Å². The van der Waals surface area contributed by atoms with Gasteiger partial charge in [0.2, 0.25) is 11.8 Å². The van der Waals surface area contributed by atoms with Gasteiger partial charge in [-0.15, -0.1) is 11.8 Å². The van der Waals surface area contributed by atoms with E-state index in [1.807, 2.05) is 42.1 Å². The molecule has 2 aliphatic heterocycles. The summed E-state index contributed by atoms with van der Waals surface area (Å²) in [7, 11) is 0. The highest BCUT2D eigenvalue weighted by atomic mass is 32.2. The Balaban J connectivity index is 1.95. The van der Waals surface area contributed by atoms with Crippen molar-refractivity contribution in [3.05, 3.63) is 53.6 Å². The average Bonchev–Trinajstić information content (AvgIpc) is 3.11. The van der Waals surface area contributed by atoms with Gasteiger partial charge in [0.25, 0.3) is 0 Å². The van der Waals surface area contributed by atoms with Crippen molar-refractivity contribution in [2.75, 3.05) is 0 Å². The number of rotatable bonds is 3. The monoisotopic (exact) mass is 299 g/mol. The third-order valence-electron chi connectivity index (χ3n) is 4.38.